The van der Waals surface area contributed by atoms with Gasteiger partial charge in [0.1, 0.15) is 12.1 Å². The van der Waals surface area contributed by atoms with Crippen molar-refractivity contribution in [3.8, 4) is 0 Å². The van der Waals surface area contributed by atoms with Crippen LogP contribution >= 0.6 is 24.0 Å². The van der Waals surface area contributed by atoms with Crippen LogP contribution in [0.15, 0.2) is 4.99 Å². The van der Waals surface area contributed by atoms with Crippen LogP contribution in [-0.4, -0.2) is 72.6 Å². The van der Waals surface area contributed by atoms with Gasteiger partial charge in [0.15, 0.2) is 5.96 Å². The molecule has 1 saturated heterocycles. The van der Waals surface area contributed by atoms with Crippen molar-refractivity contribution in [3.05, 3.63) is 0 Å². The van der Waals surface area contributed by atoms with E-state index in [0.29, 0.717) is 38.7 Å². The van der Waals surface area contributed by atoms with Gasteiger partial charge >= 0.3 is 6.09 Å². The summed E-state index contributed by atoms with van der Waals surface area (Å²) in [5.41, 5.74) is 5.41. The van der Waals surface area contributed by atoms with E-state index in [1.54, 1.807) is 4.90 Å². The van der Waals surface area contributed by atoms with Gasteiger partial charge in [-0.05, 0) is 27.2 Å². The molecule has 0 bridgehead atoms. The number of piperazine rings is 1. The van der Waals surface area contributed by atoms with Crippen molar-refractivity contribution in [3.63, 3.8) is 0 Å². The molecule has 0 aromatic carbocycles. The van der Waals surface area contributed by atoms with Crippen molar-refractivity contribution >= 4 is 41.9 Å². The van der Waals surface area contributed by atoms with E-state index in [4.69, 9.17) is 10.5 Å². The van der Waals surface area contributed by atoms with Gasteiger partial charge in [-0.3, -0.25) is 4.79 Å². The zero-order chi connectivity index (χ0) is 17.5. The summed E-state index contributed by atoms with van der Waals surface area (Å²) in [7, 11) is 0. The van der Waals surface area contributed by atoms with Crippen LogP contribution in [-0.2, 0) is 9.53 Å². The quantitative estimate of drug-likeness (QED) is 0.374. The summed E-state index contributed by atoms with van der Waals surface area (Å²) in [4.78, 5) is 31.1. The third-order valence-corrected chi connectivity index (χ3v) is 3.21. The number of hydrogen-bond donors (Lipinski definition) is 2. The summed E-state index contributed by atoms with van der Waals surface area (Å²) in [5, 5.41) is 2.74. The third kappa shape index (κ3) is 8.55. The molecule has 9 heteroatoms. The van der Waals surface area contributed by atoms with E-state index in [2.05, 4.69) is 10.3 Å². The smallest absolute Gasteiger partial charge is 0.410 e. The Hall–Kier alpha value is -1.26. The van der Waals surface area contributed by atoms with Gasteiger partial charge < -0.3 is 25.6 Å². The van der Waals surface area contributed by atoms with Crippen LogP contribution in [0.4, 0.5) is 4.79 Å². The standard InChI is InChI=1S/C15H29N5O3.HI/c1-5-6-17-12(21)11-18-13(16)19-7-9-20(10-8-19)14(22)23-15(2,3)4;/h5-11H2,1-4H3,(H2,16,18)(H,17,21);1H. The molecule has 1 fully saturated rings. The number of hydrogen-bond acceptors (Lipinski definition) is 4. The highest BCUT2D eigenvalue weighted by molar-refractivity contribution is 14.0. The second-order valence-electron chi connectivity index (χ2n) is 6.48. The number of carbonyl (C=O) groups is 2. The number of nitrogens with zero attached hydrogens (tertiary/aromatic N) is 3. The number of guanidine groups is 1. The average molecular weight is 455 g/mol. The predicted molar refractivity (Wildman–Crippen MR) is 105 cm³/mol. The largest absolute Gasteiger partial charge is 0.444 e. The van der Waals surface area contributed by atoms with Gasteiger partial charge in [0.05, 0.1) is 0 Å². The summed E-state index contributed by atoms with van der Waals surface area (Å²) >= 11 is 0. The second kappa shape index (κ2) is 10.6. The lowest BCUT2D eigenvalue weighted by atomic mass is 10.2. The van der Waals surface area contributed by atoms with Gasteiger partial charge in [0, 0.05) is 32.7 Å². The topological polar surface area (TPSA) is 100 Å². The van der Waals surface area contributed by atoms with Crippen LogP contribution in [0.25, 0.3) is 0 Å². The maximum Gasteiger partial charge on any atom is 0.410 e. The fourth-order valence-corrected chi connectivity index (χ4v) is 2.02. The molecule has 2 amide bonds. The van der Waals surface area contributed by atoms with E-state index in [1.165, 1.54) is 0 Å². The molecule has 24 heavy (non-hydrogen) atoms. The number of nitrogens with two attached hydrogens (primary N) is 1. The first-order valence-electron chi connectivity index (χ1n) is 8.02. The molecule has 0 radical (unpaired) electrons. The molecule has 0 spiro atoms. The summed E-state index contributed by atoms with van der Waals surface area (Å²) < 4.78 is 5.34. The van der Waals surface area contributed by atoms with Crippen molar-refractivity contribution in [2.45, 2.75) is 39.7 Å². The van der Waals surface area contributed by atoms with E-state index in [1.807, 2.05) is 32.6 Å². The summed E-state index contributed by atoms with van der Waals surface area (Å²) in [6, 6.07) is 0. The minimum absolute atomic E-state index is 0. The Balaban J connectivity index is 0.00000529. The van der Waals surface area contributed by atoms with E-state index in [-0.39, 0.29) is 42.5 Å². The maximum atomic E-state index is 12.0. The number of amides is 2. The molecule has 0 atom stereocenters. The molecule has 1 aliphatic heterocycles. The van der Waals surface area contributed by atoms with Crippen LogP contribution in [0.2, 0.25) is 0 Å². The Labute approximate surface area is 161 Å². The average Bonchev–Trinajstić information content (AvgIpc) is 2.49. The highest BCUT2D eigenvalue weighted by Gasteiger charge is 2.26. The molecular weight excluding hydrogens is 425 g/mol. The van der Waals surface area contributed by atoms with Gasteiger partial charge in [-0.1, -0.05) is 6.92 Å². The Kier molecular flexibility index (Phi) is 10.0. The molecule has 8 nitrogen and oxygen atoms in total. The lowest BCUT2D eigenvalue weighted by Gasteiger charge is -2.36. The summed E-state index contributed by atoms with van der Waals surface area (Å²) in [5.74, 6) is 0.197. The second-order valence-corrected chi connectivity index (χ2v) is 6.48. The summed E-state index contributed by atoms with van der Waals surface area (Å²) in [6.45, 7) is 10.4. The molecule has 0 aromatic rings. The number of rotatable bonds is 4. The Morgan fingerprint density at radius 1 is 1.17 bits per heavy atom. The van der Waals surface area contributed by atoms with Crippen molar-refractivity contribution in [2.75, 3.05) is 39.3 Å². The van der Waals surface area contributed by atoms with Crippen LogP contribution in [0.3, 0.4) is 0 Å². The predicted octanol–water partition coefficient (Wildman–Crippen LogP) is 0.998. The van der Waals surface area contributed by atoms with Gasteiger partial charge in [-0.15, -0.1) is 24.0 Å². The van der Waals surface area contributed by atoms with E-state index < -0.39 is 5.60 Å². The third-order valence-electron chi connectivity index (χ3n) is 3.21. The SMILES string of the molecule is CCCNC(=O)CN=C(N)N1CCN(C(=O)OC(C)(C)C)CC1.I. The zero-order valence-electron chi connectivity index (χ0n) is 15.0. The zero-order valence-corrected chi connectivity index (χ0v) is 17.3. The van der Waals surface area contributed by atoms with Crippen molar-refractivity contribution in [1.29, 1.82) is 0 Å². The van der Waals surface area contributed by atoms with Crippen LogP contribution in [0, 0.1) is 0 Å². The molecule has 140 valence electrons. The number of halogens is 1. The van der Waals surface area contributed by atoms with Crippen molar-refractivity contribution < 1.29 is 14.3 Å². The van der Waals surface area contributed by atoms with Gasteiger partial charge in [0.25, 0.3) is 0 Å². The highest BCUT2D eigenvalue weighted by Crippen LogP contribution is 2.11. The molecule has 0 unspecified atom stereocenters. The molecule has 3 N–H and O–H groups in total. The lowest BCUT2D eigenvalue weighted by Crippen LogP contribution is -2.53. The minimum Gasteiger partial charge on any atom is -0.444 e. The number of nitrogens with one attached hydrogen (secondary N) is 1. The Bertz CT molecular complexity index is 443. The van der Waals surface area contributed by atoms with E-state index >= 15 is 0 Å². The molecule has 0 aliphatic carbocycles. The first-order valence-corrected chi connectivity index (χ1v) is 8.02. The molecule has 0 aromatic heterocycles. The highest BCUT2D eigenvalue weighted by atomic mass is 127. The van der Waals surface area contributed by atoms with Gasteiger partial charge in [-0.25, -0.2) is 9.79 Å². The minimum atomic E-state index is -0.499. The van der Waals surface area contributed by atoms with E-state index in [0.717, 1.165) is 6.42 Å². The monoisotopic (exact) mass is 455 g/mol. The Morgan fingerprint density at radius 3 is 2.21 bits per heavy atom. The normalized spacial score (nSPS) is 15.6. The van der Waals surface area contributed by atoms with Gasteiger partial charge in [-0.2, -0.15) is 0 Å². The molecule has 1 rings (SSSR count). The van der Waals surface area contributed by atoms with Crippen molar-refractivity contribution in [1.82, 2.24) is 15.1 Å². The lowest BCUT2D eigenvalue weighted by molar-refractivity contribution is -0.119. The first kappa shape index (κ1) is 22.7. The van der Waals surface area contributed by atoms with Gasteiger partial charge in [0.2, 0.25) is 5.91 Å². The summed E-state index contributed by atoms with van der Waals surface area (Å²) in [6.07, 6.45) is 0.573. The van der Waals surface area contributed by atoms with Crippen molar-refractivity contribution in [2.24, 2.45) is 10.7 Å². The number of carbonyl (C=O) groups excluding carboxylic acids is 2. The molecular formula is C15H30IN5O3. The molecule has 0 saturated carbocycles. The fraction of sp³-hybridized carbons (Fsp3) is 0.800. The Morgan fingerprint density at radius 2 is 1.71 bits per heavy atom. The van der Waals surface area contributed by atoms with Crippen LogP contribution in [0.5, 0.6) is 0 Å². The molecule has 1 heterocycles. The maximum absolute atomic E-state index is 12.0. The fourth-order valence-electron chi connectivity index (χ4n) is 2.02. The first-order chi connectivity index (χ1) is 10.7. The van der Waals surface area contributed by atoms with Crippen LogP contribution in [0.1, 0.15) is 34.1 Å². The van der Waals surface area contributed by atoms with E-state index in [9.17, 15) is 9.59 Å². The molecule has 1 aliphatic rings. The number of aliphatic imine (C=N–C) groups is 1. The number of ether oxygens (including phenoxy) is 1. The van der Waals surface area contributed by atoms with Crippen LogP contribution < -0.4 is 11.1 Å².